The summed E-state index contributed by atoms with van der Waals surface area (Å²) in [7, 11) is 0. The van der Waals surface area contributed by atoms with Crippen molar-refractivity contribution in [3.63, 3.8) is 0 Å². The van der Waals surface area contributed by atoms with Crippen molar-refractivity contribution in [2.24, 2.45) is 0 Å². The zero-order chi connectivity index (χ0) is 12.1. The van der Waals surface area contributed by atoms with Crippen LogP contribution in [0.25, 0.3) is 0 Å². The number of hydrogen-bond acceptors (Lipinski definition) is 2. The van der Waals surface area contributed by atoms with E-state index in [1.807, 2.05) is 0 Å². The van der Waals surface area contributed by atoms with Crippen LogP contribution in [0.5, 0.6) is 0 Å². The van der Waals surface area contributed by atoms with E-state index in [9.17, 15) is 14.0 Å². The molecule has 0 heterocycles. The number of amides is 1. The first-order valence-corrected chi connectivity index (χ1v) is 4.74. The minimum Gasteiger partial charge on any atom is -0.481 e. The molecule has 1 unspecified atom stereocenters. The maximum atomic E-state index is 13.4. The number of carboxylic acid groups (broad SMARTS) is 1. The van der Waals surface area contributed by atoms with Crippen LogP contribution in [-0.4, -0.2) is 17.0 Å². The van der Waals surface area contributed by atoms with Crippen LogP contribution in [0.3, 0.4) is 0 Å². The van der Waals surface area contributed by atoms with Crippen molar-refractivity contribution in [1.29, 1.82) is 0 Å². The van der Waals surface area contributed by atoms with E-state index in [4.69, 9.17) is 5.11 Å². The summed E-state index contributed by atoms with van der Waals surface area (Å²) in [4.78, 5) is 21.5. The van der Waals surface area contributed by atoms with Crippen molar-refractivity contribution in [2.75, 3.05) is 0 Å². The van der Waals surface area contributed by atoms with Gasteiger partial charge in [-0.3, -0.25) is 9.59 Å². The quantitative estimate of drug-likeness (QED) is 0.815. The molecule has 0 radical (unpaired) electrons. The average Bonchev–Trinajstić information content (AvgIpc) is 2.15. The zero-order valence-electron chi connectivity index (χ0n) is 8.74. The highest BCUT2D eigenvalue weighted by Crippen LogP contribution is 2.19. The summed E-state index contributed by atoms with van der Waals surface area (Å²) in [5, 5.41) is 11.1. The van der Waals surface area contributed by atoms with E-state index in [1.54, 1.807) is 6.07 Å². The predicted molar refractivity (Wildman–Crippen MR) is 55.2 cm³/mol. The van der Waals surface area contributed by atoms with E-state index in [2.05, 4.69) is 5.32 Å². The zero-order valence-corrected chi connectivity index (χ0v) is 8.74. The van der Waals surface area contributed by atoms with E-state index in [0.717, 1.165) is 0 Å². The first-order valence-electron chi connectivity index (χ1n) is 4.74. The summed E-state index contributed by atoms with van der Waals surface area (Å²) in [5.41, 5.74) is 0.181. The number of carbonyl (C=O) groups excluding carboxylic acids is 1. The van der Waals surface area contributed by atoms with Crippen molar-refractivity contribution in [2.45, 2.75) is 19.4 Å². The van der Waals surface area contributed by atoms with Gasteiger partial charge in [0.2, 0.25) is 5.91 Å². The highest BCUT2D eigenvalue weighted by Gasteiger charge is 2.19. The molecule has 1 amide bonds. The summed E-state index contributed by atoms with van der Waals surface area (Å²) in [5.74, 6) is -2.01. The van der Waals surface area contributed by atoms with E-state index < -0.39 is 23.7 Å². The van der Waals surface area contributed by atoms with E-state index in [0.29, 0.717) is 0 Å². The number of carbonyl (C=O) groups is 2. The van der Waals surface area contributed by atoms with Crippen LogP contribution in [0.1, 0.15) is 24.9 Å². The highest BCUT2D eigenvalue weighted by atomic mass is 19.1. The van der Waals surface area contributed by atoms with Gasteiger partial charge >= 0.3 is 5.97 Å². The molecular formula is C11H12FNO3. The van der Waals surface area contributed by atoms with Crippen molar-refractivity contribution >= 4 is 11.9 Å². The first kappa shape index (κ1) is 12.2. The molecule has 0 aliphatic heterocycles. The van der Waals surface area contributed by atoms with Crippen molar-refractivity contribution in [3.8, 4) is 0 Å². The molecule has 86 valence electrons. The second-order valence-electron chi connectivity index (χ2n) is 3.37. The van der Waals surface area contributed by atoms with E-state index in [-0.39, 0.29) is 12.0 Å². The molecule has 0 spiro atoms. The van der Waals surface area contributed by atoms with Gasteiger partial charge < -0.3 is 10.4 Å². The molecule has 1 rings (SSSR count). The fraction of sp³-hybridized carbons (Fsp3) is 0.273. The lowest BCUT2D eigenvalue weighted by molar-refractivity contribution is -0.137. The van der Waals surface area contributed by atoms with Crippen LogP contribution < -0.4 is 5.32 Å². The standard InChI is InChI=1S/C11H12FNO3/c1-7(14)13-10(6-11(15)16)8-4-2-3-5-9(8)12/h2-5,10H,6H2,1H3,(H,13,14)(H,15,16). The Morgan fingerprint density at radius 2 is 2.06 bits per heavy atom. The molecular weight excluding hydrogens is 213 g/mol. The lowest BCUT2D eigenvalue weighted by Gasteiger charge is -2.16. The number of aliphatic carboxylic acids is 1. The number of benzene rings is 1. The Morgan fingerprint density at radius 3 is 2.56 bits per heavy atom. The van der Waals surface area contributed by atoms with Gasteiger partial charge in [0.25, 0.3) is 0 Å². The third kappa shape index (κ3) is 3.34. The maximum Gasteiger partial charge on any atom is 0.305 e. The van der Waals surface area contributed by atoms with Crippen LogP contribution in [0, 0.1) is 5.82 Å². The Bertz CT molecular complexity index is 390. The maximum absolute atomic E-state index is 13.4. The van der Waals surface area contributed by atoms with Crippen LogP contribution in [-0.2, 0) is 9.59 Å². The third-order valence-electron chi connectivity index (χ3n) is 2.04. The fourth-order valence-corrected chi connectivity index (χ4v) is 1.42. The van der Waals surface area contributed by atoms with Gasteiger partial charge in [-0.2, -0.15) is 0 Å². The van der Waals surface area contributed by atoms with E-state index in [1.165, 1.54) is 25.1 Å². The molecule has 0 bridgehead atoms. The highest BCUT2D eigenvalue weighted by molar-refractivity contribution is 5.75. The molecule has 0 saturated heterocycles. The Morgan fingerprint density at radius 1 is 1.44 bits per heavy atom. The number of rotatable bonds is 4. The van der Waals surface area contributed by atoms with Gasteiger partial charge in [0.15, 0.2) is 0 Å². The Labute approximate surface area is 92.1 Å². The first-order chi connectivity index (χ1) is 7.50. The second kappa shape index (κ2) is 5.25. The lowest BCUT2D eigenvalue weighted by atomic mass is 10.0. The minimum atomic E-state index is -1.10. The number of carboxylic acids is 1. The van der Waals surface area contributed by atoms with Crippen LogP contribution in [0.2, 0.25) is 0 Å². The van der Waals surface area contributed by atoms with Gasteiger partial charge in [-0.05, 0) is 6.07 Å². The summed E-state index contributed by atoms with van der Waals surface area (Å²) < 4.78 is 13.4. The molecule has 1 aromatic rings. The Balaban J connectivity index is 2.96. The molecule has 0 fully saturated rings. The summed E-state index contributed by atoms with van der Waals surface area (Å²) in [6, 6.07) is 4.95. The van der Waals surface area contributed by atoms with Gasteiger partial charge in [-0.25, -0.2) is 4.39 Å². The van der Waals surface area contributed by atoms with Crippen molar-refractivity contribution < 1.29 is 19.1 Å². The Hall–Kier alpha value is -1.91. The molecule has 1 aromatic carbocycles. The number of hydrogen-bond donors (Lipinski definition) is 2. The normalized spacial score (nSPS) is 11.9. The van der Waals surface area contributed by atoms with Gasteiger partial charge in [0, 0.05) is 12.5 Å². The smallest absolute Gasteiger partial charge is 0.305 e. The topological polar surface area (TPSA) is 66.4 Å². The van der Waals surface area contributed by atoms with Crippen LogP contribution >= 0.6 is 0 Å². The summed E-state index contributed by atoms with van der Waals surface area (Å²) in [6.45, 7) is 1.26. The van der Waals surface area contributed by atoms with Gasteiger partial charge in [-0.15, -0.1) is 0 Å². The average molecular weight is 225 g/mol. The van der Waals surface area contributed by atoms with Crippen LogP contribution in [0.15, 0.2) is 24.3 Å². The van der Waals surface area contributed by atoms with Crippen LogP contribution in [0.4, 0.5) is 4.39 Å². The van der Waals surface area contributed by atoms with Crippen molar-refractivity contribution in [3.05, 3.63) is 35.6 Å². The molecule has 4 nitrogen and oxygen atoms in total. The Kier molecular flexibility index (Phi) is 3.99. The SMILES string of the molecule is CC(=O)NC(CC(=O)O)c1ccccc1F. The number of nitrogens with one attached hydrogen (secondary N) is 1. The largest absolute Gasteiger partial charge is 0.481 e. The molecule has 5 heteroatoms. The third-order valence-corrected chi connectivity index (χ3v) is 2.04. The second-order valence-corrected chi connectivity index (χ2v) is 3.37. The summed E-state index contributed by atoms with van der Waals surface area (Å²) in [6.07, 6.45) is -0.347. The molecule has 2 N–H and O–H groups in total. The van der Waals surface area contributed by atoms with Gasteiger partial charge in [-0.1, -0.05) is 18.2 Å². The molecule has 1 atom stereocenters. The molecule has 0 aromatic heterocycles. The van der Waals surface area contributed by atoms with Gasteiger partial charge in [0.1, 0.15) is 5.82 Å². The molecule has 16 heavy (non-hydrogen) atoms. The van der Waals surface area contributed by atoms with E-state index >= 15 is 0 Å². The monoisotopic (exact) mass is 225 g/mol. The fourth-order valence-electron chi connectivity index (χ4n) is 1.42. The number of halogens is 1. The molecule has 0 saturated carbocycles. The predicted octanol–water partition coefficient (Wildman–Crippen LogP) is 1.48. The summed E-state index contributed by atoms with van der Waals surface area (Å²) >= 11 is 0. The van der Waals surface area contributed by atoms with Gasteiger partial charge in [0.05, 0.1) is 12.5 Å². The van der Waals surface area contributed by atoms with Crippen molar-refractivity contribution in [1.82, 2.24) is 5.32 Å². The molecule has 0 aliphatic carbocycles. The lowest BCUT2D eigenvalue weighted by Crippen LogP contribution is -2.28. The molecule has 0 aliphatic rings. The minimum absolute atomic E-state index is 0.181.